The van der Waals surface area contributed by atoms with Gasteiger partial charge in [0, 0.05) is 36.6 Å². The highest BCUT2D eigenvalue weighted by atomic mass is 16.3. The van der Waals surface area contributed by atoms with Gasteiger partial charge < -0.3 is 15.0 Å². The fourth-order valence-electron chi connectivity index (χ4n) is 2.76. The largest absolute Gasteiger partial charge is 0.396 e. The predicted molar refractivity (Wildman–Crippen MR) is 74.4 cm³/mol. The molecule has 2 N–H and O–H groups in total. The van der Waals surface area contributed by atoms with Gasteiger partial charge in [-0.3, -0.25) is 4.79 Å². The number of H-pyrrole nitrogens is 1. The normalized spacial score (nSPS) is 18.6. The number of rotatable bonds is 4. The Morgan fingerprint density at radius 2 is 2.25 bits per heavy atom. The van der Waals surface area contributed by atoms with E-state index in [1.807, 2.05) is 4.90 Å². The second-order valence-electron chi connectivity index (χ2n) is 5.41. The molecule has 0 saturated carbocycles. The van der Waals surface area contributed by atoms with Gasteiger partial charge in [0.1, 0.15) is 0 Å². The van der Waals surface area contributed by atoms with Crippen molar-refractivity contribution in [3.05, 3.63) is 27.4 Å². The highest BCUT2D eigenvalue weighted by Crippen LogP contribution is 2.20. The van der Waals surface area contributed by atoms with Crippen LogP contribution < -0.4 is 5.69 Å². The van der Waals surface area contributed by atoms with E-state index >= 15 is 0 Å². The fourth-order valence-corrected chi connectivity index (χ4v) is 2.76. The van der Waals surface area contributed by atoms with Crippen LogP contribution in [-0.2, 0) is 11.2 Å². The lowest BCUT2D eigenvalue weighted by atomic mass is 10.1. The maximum atomic E-state index is 12.3. The van der Waals surface area contributed by atoms with E-state index in [1.165, 1.54) is 0 Å². The average Bonchev–Trinajstić information content (AvgIpc) is 2.82. The molecule has 1 atom stereocenters. The molecule has 1 fully saturated rings. The van der Waals surface area contributed by atoms with E-state index in [0.29, 0.717) is 23.9 Å². The lowest BCUT2D eigenvalue weighted by Gasteiger charge is -2.17. The average molecular weight is 279 g/mol. The molecule has 2 rings (SSSR count). The van der Waals surface area contributed by atoms with Gasteiger partial charge in [0.05, 0.1) is 6.42 Å². The van der Waals surface area contributed by atoms with Crippen LogP contribution >= 0.6 is 0 Å². The minimum Gasteiger partial charge on any atom is -0.396 e. The number of nitrogens with one attached hydrogen (secondary N) is 1. The van der Waals surface area contributed by atoms with Gasteiger partial charge >= 0.3 is 5.69 Å². The molecule has 1 saturated heterocycles. The molecule has 1 unspecified atom stereocenters. The maximum Gasteiger partial charge on any atom is 0.345 e. The molecule has 0 spiro atoms. The topological polar surface area (TPSA) is 86.3 Å². The van der Waals surface area contributed by atoms with Gasteiger partial charge in [0.15, 0.2) is 0 Å². The Morgan fingerprint density at radius 3 is 2.90 bits per heavy atom. The summed E-state index contributed by atoms with van der Waals surface area (Å²) in [5.41, 5.74) is 1.76. The molecule has 1 aromatic heterocycles. The van der Waals surface area contributed by atoms with Crippen molar-refractivity contribution in [2.24, 2.45) is 5.92 Å². The number of carbonyl (C=O) groups is 1. The van der Waals surface area contributed by atoms with Crippen molar-refractivity contribution < 1.29 is 9.90 Å². The van der Waals surface area contributed by atoms with Crippen LogP contribution in [0.1, 0.15) is 29.8 Å². The standard InChI is InChI=1S/C14H21N3O3/c1-9-12(10(2)16-14(20)15-9)7-13(19)17-5-3-11(8-17)4-6-18/h11,18H,3-8H2,1-2H3,(H,15,16,20). The lowest BCUT2D eigenvalue weighted by molar-refractivity contribution is -0.129. The van der Waals surface area contributed by atoms with E-state index in [9.17, 15) is 9.59 Å². The first-order valence-electron chi connectivity index (χ1n) is 6.96. The summed E-state index contributed by atoms with van der Waals surface area (Å²) in [6.45, 7) is 5.18. The number of aromatic nitrogens is 2. The summed E-state index contributed by atoms with van der Waals surface area (Å²) in [6, 6.07) is 0. The Balaban J connectivity index is 2.04. The van der Waals surface area contributed by atoms with Gasteiger partial charge in [0.25, 0.3) is 0 Å². The summed E-state index contributed by atoms with van der Waals surface area (Å²) in [5, 5.41) is 8.94. The molecule has 1 aliphatic rings. The molecule has 1 aliphatic heterocycles. The molecular formula is C14H21N3O3. The molecule has 2 heterocycles. The van der Waals surface area contributed by atoms with Gasteiger partial charge in [0.2, 0.25) is 5.91 Å². The number of hydrogen-bond donors (Lipinski definition) is 2. The number of amides is 1. The van der Waals surface area contributed by atoms with Crippen molar-refractivity contribution >= 4 is 5.91 Å². The van der Waals surface area contributed by atoms with Crippen LogP contribution in [0.2, 0.25) is 0 Å². The number of aliphatic hydroxyl groups excluding tert-OH is 1. The van der Waals surface area contributed by atoms with Gasteiger partial charge in [-0.05, 0) is 32.6 Å². The molecule has 0 bridgehead atoms. The first-order valence-corrected chi connectivity index (χ1v) is 6.96. The SMILES string of the molecule is Cc1nc(=O)[nH]c(C)c1CC(=O)N1CCC(CCO)C1. The minimum absolute atomic E-state index is 0.0606. The third-order valence-corrected chi connectivity index (χ3v) is 3.96. The van der Waals surface area contributed by atoms with Gasteiger partial charge in [-0.25, -0.2) is 4.79 Å². The first-order chi connectivity index (χ1) is 9.51. The summed E-state index contributed by atoms with van der Waals surface area (Å²) in [7, 11) is 0. The molecule has 1 amide bonds. The smallest absolute Gasteiger partial charge is 0.345 e. The summed E-state index contributed by atoms with van der Waals surface area (Å²) >= 11 is 0. The summed E-state index contributed by atoms with van der Waals surface area (Å²) in [6.07, 6.45) is 1.98. The van der Waals surface area contributed by atoms with Crippen LogP contribution in [0.3, 0.4) is 0 Å². The number of carbonyl (C=O) groups excluding carboxylic acids is 1. The van der Waals surface area contributed by atoms with Gasteiger partial charge in [-0.15, -0.1) is 0 Å². The van der Waals surface area contributed by atoms with Gasteiger partial charge in [-0.2, -0.15) is 4.98 Å². The van der Waals surface area contributed by atoms with Crippen LogP contribution in [-0.4, -0.2) is 45.6 Å². The minimum atomic E-state index is -0.375. The van der Waals surface area contributed by atoms with E-state index in [0.717, 1.165) is 24.9 Å². The lowest BCUT2D eigenvalue weighted by Crippen LogP contribution is -2.31. The van der Waals surface area contributed by atoms with E-state index in [1.54, 1.807) is 13.8 Å². The van der Waals surface area contributed by atoms with Crippen LogP contribution in [0.4, 0.5) is 0 Å². The summed E-state index contributed by atoms with van der Waals surface area (Å²) < 4.78 is 0. The molecule has 20 heavy (non-hydrogen) atoms. The summed E-state index contributed by atoms with van der Waals surface area (Å²) in [5.74, 6) is 0.463. The number of aryl methyl sites for hydroxylation is 2. The number of aliphatic hydroxyl groups is 1. The number of aromatic amines is 1. The quantitative estimate of drug-likeness (QED) is 0.822. The van der Waals surface area contributed by atoms with E-state index in [2.05, 4.69) is 9.97 Å². The zero-order chi connectivity index (χ0) is 14.7. The Kier molecular flexibility index (Phi) is 4.54. The monoisotopic (exact) mass is 279 g/mol. The highest BCUT2D eigenvalue weighted by Gasteiger charge is 2.26. The van der Waals surface area contributed by atoms with Crippen molar-refractivity contribution in [3.8, 4) is 0 Å². The predicted octanol–water partition coefficient (Wildman–Crippen LogP) is 0.160. The Morgan fingerprint density at radius 1 is 1.50 bits per heavy atom. The number of hydrogen-bond acceptors (Lipinski definition) is 4. The fraction of sp³-hybridized carbons (Fsp3) is 0.643. The van der Waals surface area contributed by atoms with Gasteiger partial charge in [-0.1, -0.05) is 0 Å². The molecule has 6 nitrogen and oxygen atoms in total. The summed E-state index contributed by atoms with van der Waals surface area (Å²) in [4.78, 5) is 31.8. The van der Waals surface area contributed by atoms with E-state index in [4.69, 9.17) is 5.11 Å². The van der Waals surface area contributed by atoms with Crippen LogP contribution in [0.15, 0.2) is 4.79 Å². The van der Waals surface area contributed by atoms with Crippen molar-refractivity contribution in [1.29, 1.82) is 0 Å². The molecule has 1 aromatic rings. The second-order valence-corrected chi connectivity index (χ2v) is 5.41. The van der Waals surface area contributed by atoms with Crippen LogP contribution in [0.25, 0.3) is 0 Å². The third-order valence-electron chi connectivity index (χ3n) is 3.96. The molecule has 6 heteroatoms. The number of likely N-dealkylation sites (tertiary alicyclic amines) is 1. The highest BCUT2D eigenvalue weighted by molar-refractivity contribution is 5.79. The van der Waals surface area contributed by atoms with Crippen LogP contribution in [0, 0.1) is 19.8 Å². The Hall–Kier alpha value is -1.69. The van der Waals surface area contributed by atoms with Crippen molar-refractivity contribution in [3.63, 3.8) is 0 Å². The zero-order valence-corrected chi connectivity index (χ0v) is 12.0. The second kappa shape index (κ2) is 6.17. The Bertz CT molecular complexity index is 527. The van der Waals surface area contributed by atoms with E-state index < -0.39 is 0 Å². The molecule has 0 aromatic carbocycles. The van der Waals surface area contributed by atoms with E-state index in [-0.39, 0.29) is 24.6 Å². The Labute approximate surface area is 117 Å². The van der Waals surface area contributed by atoms with Crippen LogP contribution in [0.5, 0.6) is 0 Å². The molecular weight excluding hydrogens is 258 g/mol. The van der Waals surface area contributed by atoms with Crippen molar-refractivity contribution in [2.45, 2.75) is 33.1 Å². The van der Waals surface area contributed by atoms with Crippen molar-refractivity contribution in [1.82, 2.24) is 14.9 Å². The third kappa shape index (κ3) is 3.25. The maximum absolute atomic E-state index is 12.3. The molecule has 110 valence electrons. The number of nitrogens with zero attached hydrogens (tertiary/aromatic N) is 2. The van der Waals surface area contributed by atoms with Crippen molar-refractivity contribution in [2.75, 3.05) is 19.7 Å². The molecule has 0 aliphatic carbocycles. The molecule has 0 radical (unpaired) electrons. The zero-order valence-electron chi connectivity index (χ0n) is 12.0. The first kappa shape index (κ1) is 14.7.